The van der Waals surface area contributed by atoms with Crippen molar-refractivity contribution in [3.8, 4) is 0 Å². The summed E-state index contributed by atoms with van der Waals surface area (Å²) in [5, 5.41) is 0. The first-order valence-electron chi connectivity index (χ1n) is 5.33. The van der Waals surface area contributed by atoms with E-state index >= 15 is 0 Å². The minimum Gasteiger partial charge on any atom is -0.180 e. The molecule has 1 aromatic rings. The van der Waals surface area contributed by atoms with E-state index in [0.717, 1.165) is 0 Å². The maximum Gasteiger partial charge on any atom is 1.00 e. The van der Waals surface area contributed by atoms with Gasteiger partial charge in [0.15, 0.2) is 0 Å². The van der Waals surface area contributed by atoms with Crippen molar-refractivity contribution >= 4 is 0 Å². The summed E-state index contributed by atoms with van der Waals surface area (Å²) in [5.74, 6) is 0. The first kappa shape index (κ1) is 26.4. The fraction of sp³-hybridized carbons (Fsp3) is 0.500. The van der Waals surface area contributed by atoms with E-state index in [0.29, 0.717) is 0 Å². The Hall–Kier alpha value is 0.352. The van der Waals surface area contributed by atoms with Gasteiger partial charge in [-0.25, -0.2) is 0 Å². The molecular formula is C10CsF15. The van der Waals surface area contributed by atoms with Gasteiger partial charge < -0.3 is 0 Å². The molecule has 146 valence electrons. The van der Waals surface area contributed by atoms with Crippen LogP contribution < -0.4 is 68.9 Å². The predicted octanol–water partition coefficient (Wildman–Crippen LogP) is 3.50. The molecule has 0 aliphatic rings. The van der Waals surface area contributed by atoms with Crippen LogP contribution in [0.25, 0.3) is 0 Å². The fourth-order valence-corrected chi connectivity index (χ4v) is 2.04. The summed E-state index contributed by atoms with van der Waals surface area (Å²) in [6.45, 7) is 0. The van der Waals surface area contributed by atoms with Gasteiger partial charge in [0.25, 0.3) is 0 Å². The van der Waals surface area contributed by atoms with Crippen molar-refractivity contribution in [3.05, 3.63) is 27.8 Å². The Bertz CT molecular complexity index is 495. The van der Waals surface area contributed by atoms with Crippen LogP contribution in [0.15, 0.2) is 0 Å². The third-order valence-electron chi connectivity index (χ3n) is 2.67. The van der Waals surface area contributed by atoms with Crippen LogP contribution >= 0.6 is 0 Å². The Morgan fingerprint density at radius 1 is 0.423 bits per heavy atom. The molecular weight excluding hydrogens is 538 g/mol. The van der Waals surface area contributed by atoms with Crippen LogP contribution in [0.2, 0.25) is 0 Å². The van der Waals surface area contributed by atoms with E-state index in [9.17, 15) is 65.9 Å². The second-order valence-electron chi connectivity index (χ2n) is 4.36. The molecule has 0 N–H and O–H groups in total. The molecule has 0 aromatic heterocycles. The van der Waals surface area contributed by atoms with Gasteiger partial charge in [-0.3, -0.25) is 0 Å². The first-order chi connectivity index (χ1) is 10.6. The summed E-state index contributed by atoms with van der Waals surface area (Å²) < 4.78 is 189. The normalized spacial score (nSPS) is 14.4. The Morgan fingerprint density at radius 2 is 0.654 bits per heavy atom. The summed E-state index contributed by atoms with van der Waals surface area (Å²) >= 11 is 0. The molecule has 0 spiro atoms. The quantitative estimate of drug-likeness (QED) is 0.351. The summed E-state index contributed by atoms with van der Waals surface area (Å²) in [6, 6.07) is 0. The van der Waals surface area contributed by atoms with Crippen LogP contribution in [-0.4, -0.2) is 0 Å². The minimum atomic E-state index is -6.81. The largest absolute Gasteiger partial charge is 1.00 e. The Kier molecular flexibility index (Phi) is 7.41. The van der Waals surface area contributed by atoms with Crippen molar-refractivity contribution in [3.63, 3.8) is 0 Å². The molecule has 1 aromatic carbocycles. The number of hydrogen-bond donors (Lipinski definition) is 0. The molecule has 0 amide bonds. The summed E-state index contributed by atoms with van der Waals surface area (Å²) in [4.78, 5) is 0. The zero-order valence-corrected chi connectivity index (χ0v) is 17.9. The van der Waals surface area contributed by atoms with Gasteiger partial charge in [0, 0.05) is 0 Å². The molecule has 0 nitrogen and oxygen atoms in total. The van der Waals surface area contributed by atoms with Crippen molar-refractivity contribution in [2.24, 2.45) is 0 Å². The van der Waals surface area contributed by atoms with Gasteiger partial charge in [0.1, 0.15) is 0 Å². The standard InChI is InChI=1S/C10F15.Cs/c11-6(12,13)1-2(7(14,15)16)4(9(20,21)22)5(10(23,24)25)3(1)8(17,18)19;/q-1;+1. The van der Waals surface area contributed by atoms with Gasteiger partial charge in [-0.15, -0.1) is 0 Å². The van der Waals surface area contributed by atoms with E-state index in [-0.39, 0.29) is 68.9 Å². The number of halogens is 15. The van der Waals surface area contributed by atoms with Crippen molar-refractivity contribution in [2.75, 3.05) is 0 Å². The maximum absolute atomic E-state index is 12.6. The Labute approximate surface area is 191 Å². The van der Waals surface area contributed by atoms with E-state index in [1.165, 1.54) is 0 Å². The van der Waals surface area contributed by atoms with Gasteiger partial charge in [-0.1, -0.05) is 11.1 Å². The molecule has 0 saturated carbocycles. The van der Waals surface area contributed by atoms with E-state index < -0.39 is 58.7 Å². The van der Waals surface area contributed by atoms with Crippen LogP contribution in [0, 0.1) is 0 Å². The number of hydrogen-bond acceptors (Lipinski definition) is 0. The van der Waals surface area contributed by atoms with Crippen LogP contribution in [0.3, 0.4) is 0 Å². The summed E-state index contributed by atoms with van der Waals surface area (Å²) in [6.07, 6.45) is -34.0. The smallest absolute Gasteiger partial charge is 0.180 e. The molecule has 0 bridgehead atoms. The Morgan fingerprint density at radius 3 is 0.769 bits per heavy atom. The van der Waals surface area contributed by atoms with Crippen molar-refractivity contribution in [2.45, 2.75) is 30.9 Å². The third-order valence-corrected chi connectivity index (χ3v) is 2.67. The topological polar surface area (TPSA) is 0 Å². The van der Waals surface area contributed by atoms with E-state index in [1.54, 1.807) is 0 Å². The maximum atomic E-state index is 12.6. The molecule has 0 aliphatic carbocycles. The van der Waals surface area contributed by atoms with Crippen molar-refractivity contribution < 1.29 is 135 Å². The van der Waals surface area contributed by atoms with E-state index in [4.69, 9.17) is 0 Å². The SMILES string of the molecule is FC(F)(F)c1c(C(F)(F)F)c(C(F)(F)F)[c-](C(F)(F)F)c1C(F)(F)F.[Cs+]. The van der Waals surface area contributed by atoms with Crippen LogP contribution in [0.5, 0.6) is 0 Å². The summed E-state index contributed by atoms with van der Waals surface area (Å²) in [7, 11) is 0. The van der Waals surface area contributed by atoms with Gasteiger partial charge in [0.2, 0.25) is 0 Å². The molecule has 0 heterocycles. The summed E-state index contributed by atoms with van der Waals surface area (Å²) in [5.41, 5.74) is -20.5. The molecule has 0 unspecified atom stereocenters. The zero-order valence-electron chi connectivity index (χ0n) is 11.7. The van der Waals surface area contributed by atoms with Gasteiger partial charge >= 0.3 is 99.8 Å². The predicted molar refractivity (Wildman–Crippen MR) is 47.0 cm³/mol. The van der Waals surface area contributed by atoms with E-state index in [1.807, 2.05) is 0 Å². The zero-order chi connectivity index (χ0) is 20.4. The average Bonchev–Trinajstić information content (AvgIpc) is 2.61. The van der Waals surface area contributed by atoms with Gasteiger partial charge in [0.05, 0.1) is 0 Å². The molecule has 0 fully saturated rings. The average molecular weight is 538 g/mol. The van der Waals surface area contributed by atoms with Gasteiger partial charge in [-0.2, -0.15) is 65.9 Å². The van der Waals surface area contributed by atoms with Crippen LogP contribution in [-0.2, 0) is 30.9 Å². The monoisotopic (exact) mass is 538 g/mol. The van der Waals surface area contributed by atoms with Crippen LogP contribution in [0.4, 0.5) is 65.9 Å². The molecule has 0 radical (unpaired) electrons. The van der Waals surface area contributed by atoms with E-state index in [2.05, 4.69) is 0 Å². The number of alkyl halides is 15. The second-order valence-corrected chi connectivity index (χ2v) is 4.36. The van der Waals surface area contributed by atoms with Crippen LogP contribution in [0.1, 0.15) is 27.8 Å². The van der Waals surface area contributed by atoms with Gasteiger partial charge in [-0.05, 0) is 16.7 Å². The molecule has 26 heavy (non-hydrogen) atoms. The fourth-order valence-electron chi connectivity index (χ4n) is 2.04. The molecule has 0 atom stereocenters. The Balaban J connectivity index is 0.00000625. The molecule has 0 aliphatic heterocycles. The second kappa shape index (κ2) is 7.31. The molecule has 0 saturated heterocycles. The first-order valence-corrected chi connectivity index (χ1v) is 5.33. The van der Waals surface area contributed by atoms with Crippen molar-refractivity contribution in [1.29, 1.82) is 0 Å². The third kappa shape index (κ3) is 5.24. The molecule has 16 heteroatoms. The number of rotatable bonds is 0. The minimum absolute atomic E-state index is 0. The molecule has 1 rings (SSSR count). The van der Waals surface area contributed by atoms with Crippen molar-refractivity contribution in [1.82, 2.24) is 0 Å².